The molecule has 5 heteroatoms. The van der Waals surface area contributed by atoms with Crippen LogP contribution in [0.5, 0.6) is 5.75 Å². The third-order valence-corrected chi connectivity index (χ3v) is 3.69. The van der Waals surface area contributed by atoms with Gasteiger partial charge in [-0.2, -0.15) is 0 Å². The summed E-state index contributed by atoms with van der Waals surface area (Å²) in [5.41, 5.74) is 1.62. The van der Waals surface area contributed by atoms with Crippen LogP contribution in [0.25, 0.3) is 0 Å². The second-order valence-corrected chi connectivity index (χ2v) is 5.16. The molecular weight excluding hydrogens is 256 g/mol. The smallest absolute Gasteiger partial charge is 0.241 e. The SMILES string of the molecule is COc1cccc(N2CCCN(C)C(=O)C2)c1C(C)O. The Morgan fingerprint density at radius 3 is 2.75 bits per heavy atom. The number of carbonyl (C=O) groups excluding carboxylic acids is 1. The molecule has 1 aliphatic heterocycles. The van der Waals surface area contributed by atoms with E-state index in [0.717, 1.165) is 30.8 Å². The van der Waals surface area contributed by atoms with Crippen LogP contribution < -0.4 is 9.64 Å². The van der Waals surface area contributed by atoms with E-state index in [1.165, 1.54) is 0 Å². The molecule has 5 nitrogen and oxygen atoms in total. The highest BCUT2D eigenvalue weighted by atomic mass is 16.5. The van der Waals surface area contributed by atoms with Crippen molar-refractivity contribution in [3.63, 3.8) is 0 Å². The van der Waals surface area contributed by atoms with Gasteiger partial charge in [-0.05, 0) is 25.5 Å². The number of likely N-dealkylation sites (N-methyl/N-ethyl adjacent to an activating group) is 1. The number of ether oxygens (including phenoxy) is 1. The summed E-state index contributed by atoms with van der Waals surface area (Å²) in [6, 6.07) is 5.65. The Bertz CT molecular complexity index is 488. The summed E-state index contributed by atoms with van der Waals surface area (Å²) in [4.78, 5) is 15.8. The molecule has 0 radical (unpaired) electrons. The maximum Gasteiger partial charge on any atom is 0.241 e. The number of methoxy groups -OCH3 is 1. The predicted octanol–water partition coefficient (Wildman–Crippen LogP) is 1.42. The first kappa shape index (κ1) is 14.7. The second kappa shape index (κ2) is 6.13. The van der Waals surface area contributed by atoms with Gasteiger partial charge in [0.05, 0.1) is 19.8 Å². The summed E-state index contributed by atoms with van der Waals surface area (Å²) >= 11 is 0. The van der Waals surface area contributed by atoms with Gasteiger partial charge in [-0.25, -0.2) is 0 Å². The van der Waals surface area contributed by atoms with Gasteiger partial charge in [0, 0.05) is 31.4 Å². The number of hydrogen-bond donors (Lipinski definition) is 1. The van der Waals surface area contributed by atoms with Crippen LogP contribution in [0.15, 0.2) is 18.2 Å². The fourth-order valence-corrected chi connectivity index (χ4v) is 2.60. The van der Waals surface area contributed by atoms with Gasteiger partial charge in [0.1, 0.15) is 5.75 Å². The second-order valence-electron chi connectivity index (χ2n) is 5.16. The minimum atomic E-state index is -0.641. The summed E-state index contributed by atoms with van der Waals surface area (Å²) in [6.07, 6.45) is 0.274. The predicted molar refractivity (Wildman–Crippen MR) is 78.1 cm³/mol. The standard InChI is InChI=1S/C15H22N2O3/c1-11(18)15-12(6-4-7-13(15)20-3)17-9-5-8-16(2)14(19)10-17/h4,6-7,11,18H,5,8-10H2,1-3H3. The topological polar surface area (TPSA) is 53.0 Å². The van der Waals surface area contributed by atoms with E-state index in [2.05, 4.69) is 0 Å². The molecule has 1 unspecified atom stereocenters. The minimum absolute atomic E-state index is 0.0989. The Hall–Kier alpha value is -1.75. The number of anilines is 1. The summed E-state index contributed by atoms with van der Waals surface area (Å²) in [5.74, 6) is 0.754. The van der Waals surface area contributed by atoms with Crippen LogP contribution in [0.1, 0.15) is 25.0 Å². The number of rotatable bonds is 3. The van der Waals surface area contributed by atoms with Gasteiger partial charge in [-0.3, -0.25) is 4.79 Å². The lowest BCUT2D eigenvalue weighted by molar-refractivity contribution is -0.127. The fourth-order valence-electron chi connectivity index (χ4n) is 2.60. The molecule has 1 aliphatic rings. The van der Waals surface area contributed by atoms with Crippen LogP contribution in [0.4, 0.5) is 5.69 Å². The Kier molecular flexibility index (Phi) is 4.49. The van der Waals surface area contributed by atoms with Gasteiger partial charge < -0.3 is 19.6 Å². The Balaban J connectivity index is 2.38. The Morgan fingerprint density at radius 1 is 1.35 bits per heavy atom. The van der Waals surface area contributed by atoms with Crippen molar-refractivity contribution in [2.24, 2.45) is 0 Å². The molecule has 0 aromatic heterocycles. The van der Waals surface area contributed by atoms with Crippen molar-refractivity contribution in [1.82, 2.24) is 4.90 Å². The van der Waals surface area contributed by atoms with Crippen molar-refractivity contribution in [1.29, 1.82) is 0 Å². The first-order valence-corrected chi connectivity index (χ1v) is 6.88. The normalized spacial score (nSPS) is 17.9. The van der Waals surface area contributed by atoms with Crippen LogP contribution in [0.2, 0.25) is 0 Å². The van der Waals surface area contributed by atoms with E-state index in [-0.39, 0.29) is 5.91 Å². The Labute approximate surface area is 119 Å². The average Bonchev–Trinajstić information content (AvgIpc) is 2.60. The highest BCUT2D eigenvalue weighted by Crippen LogP contribution is 2.35. The van der Waals surface area contributed by atoms with Crippen LogP contribution in [-0.2, 0) is 4.79 Å². The maximum atomic E-state index is 12.0. The molecule has 1 saturated heterocycles. The van der Waals surface area contributed by atoms with Gasteiger partial charge in [-0.1, -0.05) is 6.07 Å². The van der Waals surface area contributed by atoms with E-state index >= 15 is 0 Å². The van der Waals surface area contributed by atoms with E-state index < -0.39 is 6.10 Å². The van der Waals surface area contributed by atoms with Gasteiger partial charge in [0.2, 0.25) is 5.91 Å². The van der Waals surface area contributed by atoms with E-state index in [1.54, 1.807) is 18.9 Å². The van der Waals surface area contributed by atoms with Gasteiger partial charge in [0.25, 0.3) is 0 Å². The van der Waals surface area contributed by atoms with Crippen molar-refractivity contribution in [3.05, 3.63) is 23.8 Å². The summed E-state index contributed by atoms with van der Waals surface area (Å²) < 4.78 is 5.34. The molecule has 1 aromatic carbocycles. The number of hydrogen-bond acceptors (Lipinski definition) is 4. The molecule has 110 valence electrons. The molecule has 0 spiro atoms. The molecule has 1 fully saturated rings. The summed E-state index contributed by atoms with van der Waals surface area (Å²) in [7, 11) is 3.42. The molecule has 1 heterocycles. The van der Waals surface area contributed by atoms with Gasteiger partial charge in [0.15, 0.2) is 0 Å². The van der Waals surface area contributed by atoms with E-state index in [0.29, 0.717) is 12.3 Å². The number of amides is 1. The molecule has 1 aromatic rings. The zero-order chi connectivity index (χ0) is 14.7. The van der Waals surface area contributed by atoms with Gasteiger partial charge in [-0.15, -0.1) is 0 Å². The molecule has 0 aliphatic carbocycles. The molecule has 0 saturated carbocycles. The highest BCUT2D eigenvalue weighted by Gasteiger charge is 2.23. The number of nitrogens with zero attached hydrogens (tertiary/aromatic N) is 2. The van der Waals surface area contributed by atoms with Crippen molar-refractivity contribution >= 4 is 11.6 Å². The number of aliphatic hydroxyl groups excluding tert-OH is 1. The minimum Gasteiger partial charge on any atom is -0.496 e. The third-order valence-electron chi connectivity index (χ3n) is 3.69. The first-order valence-electron chi connectivity index (χ1n) is 6.88. The van der Waals surface area contributed by atoms with Crippen LogP contribution in [-0.4, -0.2) is 49.7 Å². The first-order chi connectivity index (χ1) is 9.54. The van der Waals surface area contributed by atoms with Crippen LogP contribution in [0, 0.1) is 0 Å². The van der Waals surface area contributed by atoms with E-state index in [4.69, 9.17) is 4.74 Å². The Morgan fingerprint density at radius 2 is 2.10 bits per heavy atom. The summed E-state index contributed by atoms with van der Waals surface area (Å²) in [6.45, 7) is 3.61. The van der Waals surface area contributed by atoms with Crippen molar-refractivity contribution in [2.45, 2.75) is 19.4 Å². The van der Waals surface area contributed by atoms with Crippen LogP contribution >= 0.6 is 0 Å². The maximum absolute atomic E-state index is 12.0. The van der Waals surface area contributed by atoms with E-state index in [1.807, 2.05) is 30.1 Å². The molecule has 20 heavy (non-hydrogen) atoms. The van der Waals surface area contributed by atoms with Gasteiger partial charge >= 0.3 is 0 Å². The summed E-state index contributed by atoms with van der Waals surface area (Å²) in [5, 5.41) is 10.0. The molecular formula is C15H22N2O3. The highest BCUT2D eigenvalue weighted by molar-refractivity contribution is 5.82. The van der Waals surface area contributed by atoms with Crippen molar-refractivity contribution in [2.75, 3.05) is 38.7 Å². The van der Waals surface area contributed by atoms with Crippen molar-refractivity contribution in [3.8, 4) is 5.75 Å². The van der Waals surface area contributed by atoms with Crippen molar-refractivity contribution < 1.29 is 14.6 Å². The molecule has 1 amide bonds. The lowest BCUT2D eigenvalue weighted by Gasteiger charge is -2.26. The third kappa shape index (κ3) is 2.88. The zero-order valence-electron chi connectivity index (χ0n) is 12.3. The van der Waals surface area contributed by atoms with E-state index in [9.17, 15) is 9.90 Å². The number of aliphatic hydroxyl groups is 1. The molecule has 0 bridgehead atoms. The lowest BCUT2D eigenvalue weighted by atomic mass is 10.1. The largest absolute Gasteiger partial charge is 0.496 e. The average molecular weight is 278 g/mol. The molecule has 2 rings (SSSR count). The number of carbonyl (C=O) groups is 1. The molecule has 1 N–H and O–H groups in total. The van der Waals surface area contributed by atoms with Crippen LogP contribution in [0.3, 0.4) is 0 Å². The number of benzene rings is 1. The zero-order valence-corrected chi connectivity index (χ0v) is 12.3. The lowest BCUT2D eigenvalue weighted by Crippen LogP contribution is -2.34. The monoisotopic (exact) mass is 278 g/mol. The fraction of sp³-hybridized carbons (Fsp3) is 0.533. The quantitative estimate of drug-likeness (QED) is 0.908. The molecule has 1 atom stereocenters.